The van der Waals surface area contributed by atoms with E-state index in [1.165, 1.54) is 16.0 Å². The summed E-state index contributed by atoms with van der Waals surface area (Å²) in [6, 6.07) is 15.4. The minimum atomic E-state index is -1.17. The van der Waals surface area contributed by atoms with Gasteiger partial charge in [-0.05, 0) is 54.5 Å². The van der Waals surface area contributed by atoms with E-state index >= 15 is 0 Å². The third kappa shape index (κ3) is 3.92. The van der Waals surface area contributed by atoms with Crippen molar-refractivity contribution in [3.8, 4) is 5.75 Å². The highest BCUT2D eigenvalue weighted by Gasteiger charge is 2.55. The molecule has 6 heteroatoms. The number of methoxy groups -OCH3 is 1. The number of ether oxygens (including phenoxy) is 1. The molecule has 1 N–H and O–H groups in total. The fourth-order valence-electron chi connectivity index (χ4n) is 5.88. The minimum absolute atomic E-state index is 0.0148. The number of nitrogens with zero attached hydrogens (tertiary/aromatic N) is 1. The van der Waals surface area contributed by atoms with Crippen molar-refractivity contribution in [3.05, 3.63) is 65.2 Å². The Hall–Kier alpha value is -3.15. The number of nitrogens with one attached hydrogen (secondary N) is 1. The van der Waals surface area contributed by atoms with E-state index in [-0.39, 0.29) is 42.6 Å². The van der Waals surface area contributed by atoms with Gasteiger partial charge in [0.2, 0.25) is 17.7 Å². The Bertz CT molecular complexity index is 1050. The van der Waals surface area contributed by atoms with Gasteiger partial charge in [-0.25, -0.2) is 0 Å². The Kier molecular flexibility index (Phi) is 5.69. The van der Waals surface area contributed by atoms with E-state index in [9.17, 15) is 14.4 Å². The highest BCUT2D eigenvalue weighted by molar-refractivity contribution is 6.11. The summed E-state index contributed by atoms with van der Waals surface area (Å²) >= 11 is 0. The van der Waals surface area contributed by atoms with E-state index in [0.29, 0.717) is 11.3 Å². The molecule has 2 aliphatic carbocycles. The number of carbonyl (C=O) groups is 3. The molecule has 1 unspecified atom stereocenters. The van der Waals surface area contributed by atoms with Gasteiger partial charge in [-0.15, -0.1) is 0 Å². The summed E-state index contributed by atoms with van der Waals surface area (Å²) < 4.78 is 5.27. The van der Waals surface area contributed by atoms with Gasteiger partial charge in [0, 0.05) is 24.9 Å². The zero-order chi connectivity index (χ0) is 23.0. The predicted octanol–water partition coefficient (Wildman–Crippen LogP) is 3.31. The molecule has 0 radical (unpaired) electrons. The maximum Gasteiger partial charge on any atom is 0.241 e. The van der Waals surface area contributed by atoms with Crippen LogP contribution in [0, 0.1) is 0 Å². The number of rotatable bonds is 6. The molecule has 1 saturated heterocycles. The molecule has 3 amide bonds. The van der Waals surface area contributed by atoms with Gasteiger partial charge in [-0.1, -0.05) is 49.2 Å². The number of fused-ring (bicyclic) bond motifs is 1. The molecule has 3 aliphatic rings. The third-order valence-electron chi connectivity index (χ3n) is 7.56. The number of likely N-dealkylation sites (tertiary alicyclic amines) is 1. The normalized spacial score (nSPS) is 23.2. The van der Waals surface area contributed by atoms with Crippen molar-refractivity contribution >= 4 is 17.7 Å². The Labute approximate surface area is 194 Å². The molecule has 2 aromatic carbocycles. The van der Waals surface area contributed by atoms with E-state index in [0.717, 1.165) is 38.5 Å². The number of amides is 3. The van der Waals surface area contributed by atoms with E-state index in [2.05, 4.69) is 17.4 Å². The van der Waals surface area contributed by atoms with E-state index in [1.807, 2.05) is 24.3 Å². The highest BCUT2D eigenvalue weighted by atomic mass is 16.5. The maximum absolute atomic E-state index is 13.8. The SMILES string of the molecule is COc1ccc(C2(CC(=O)NC3Cc4ccccc4C3)CC(=O)N(C3CCCC3)C2=O)cc1. The van der Waals surface area contributed by atoms with Crippen LogP contribution in [0.5, 0.6) is 5.75 Å². The van der Waals surface area contributed by atoms with Crippen LogP contribution < -0.4 is 10.1 Å². The second-order valence-corrected chi connectivity index (χ2v) is 9.61. The molecule has 1 aliphatic heterocycles. The monoisotopic (exact) mass is 446 g/mol. The molecule has 2 fully saturated rings. The van der Waals surface area contributed by atoms with Crippen molar-refractivity contribution in [2.75, 3.05) is 7.11 Å². The van der Waals surface area contributed by atoms with Crippen LogP contribution in [-0.2, 0) is 32.6 Å². The van der Waals surface area contributed by atoms with Crippen LogP contribution in [0.1, 0.15) is 55.2 Å². The third-order valence-corrected chi connectivity index (χ3v) is 7.56. The van der Waals surface area contributed by atoms with Gasteiger partial charge in [-0.3, -0.25) is 19.3 Å². The number of carbonyl (C=O) groups excluding carboxylic acids is 3. The summed E-state index contributed by atoms with van der Waals surface area (Å²) in [5.41, 5.74) is 2.05. The van der Waals surface area contributed by atoms with Crippen LogP contribution in [0.3, 0.4) is 0 Å². The molecular weight excluding hydrogens is 416 g/mol. The first-order chi connectivity index (χ1) is 16.0. The molecule has 5 rings (SSSR count). The Balaban J connectivity index is 1.40. The highest BCUT2D eigenvalue weighted by Crippen LogP contribution is 2.43. The van der Waals surface area contributed by atoms with Gasteiger partial charge in [0.25, 0.3) is 0 Å². The van der Waals surface area contributed by atoms with Crippen molar-refractivity contribution < 1.29 is 19.1 Å². The van der Waals surface area contributed by atoms with Gasteiger partial charge < -0.3 is 10.1 Å². The summed E-state index contributed by atoms with van der Waals surface area (Å²) in [5.74, 6) is 0.0998. The van der Waals surface area contributed by atoms with Gasteiger partial charge in [0.15, 0.2) is 0 Å². The van der Waals surface area contributed by atoms with Crippen molar-refractivity contribution in [2.45, 2.75) is 68.9 Å². The first-order valence-corrected chi connectivity index (χ1v) is 11.9. The van der Waals surface area contributed by atoms with Crippen LogP contribution in [0.25, 0.3) is 0 Å². The van der Waals surface area contributed by atoms with Crippen molar-refractivity contribution in [1.82, 2.24) is 10.2 Å². The number of hydrogen-bond donors (Lipinski definition) is 1. The lowest BCUT2D eigenvalue weighted by molar-refractivity contribution is -0.143. The molecule has 0 bridgehead atoms. The Morgan fingerprint density at radius 3 is 2.27 bits per heavy atom. The van der Waals surface area contributed by atoms with Crippen molar-refractivity contribution in [2.24, 2.45) is 0 Å². The minimum Gasteiger partial charge on any atom is -0.497 e. The summed E-state index contributed by atoms with van der Waals surface area (Å²) in [6.45, 7) is 0. The van der Waals surface area contributed by atoms with Gasteiger partial charge >= 0.3 is 0 Å². The summed E-state index contributed by atoms with van der Waals surface area (Å²) in [5, 5.41) is 3.14. The number of benzene rings is 2. The molecule has 0 spiro atoms. The first kappa shape index (κ1) is 21.7. The van der Waals surface area contributed by atoms with Crippen LogP contribution in [-0.4, -0.2) is 41.8 Å². The van der Waals surface area contributed by atoms with Gasteiger partial charge in [0.05, 0.1) is 12.5 Å². The zero-order valence-electron chi connectivity index (χ0n) is 19.0. The maximum atomic E-state index is 13.8. The number of hydrogen-bond acceptors (Lipinski definition) is 4. The average Bonchev–Trinajstić information content (AvgIpc) is 3.52. The molecule has 1 atom stereocenters. The van der Waals surface area contributed by atoms with Gasteiger partial charge in [0.1, 0.15) is 5.75 Å². The molecule has 172 valence electrons. The largest absolute Gasteiger partial charge is 0.497 e. The molecule has 6 nitrogen and oxygen atoms in total. The Morgan fingerprint density at radius 1 is 1.03 bits per heavy atom. The lowest BCUT2D eigenvalue weighted by Crippen LogP contribution is -2.46. The quantitative estimate of drug-likeness (QED) is 0.691. The summed E-state index contributed by atoms with van der Waals surface area (Å²) in [7, 11) is 1.59. The molecule has 0 aromatic heterocycles. The molecular formula is C27H30N2O4. The summed E-state index contributed by atoms with van der Waals surface area (Å²) in [4.78, 5) is 41.7. The van der Waals surface area contributed by atoms with Crippen LogP contribution in [0.4, 0.5) is 0 Å². The average molecular weight is 447 g/mol. The fraction of sp³-hybridized carbons (Fsp3) is 0.444. The second-order valence-electron chi connectivity index (χ2n) is 9.61. The van der Waals surface area contributed by atoms with E-state index < -0.39 is 5.41 Å². The molecule has 1 saturated carbocycles. The topological polar surface area (TPSA) is 75.7 Å². The molecule has 33 heavy (non-hydrogen) atoms. The predicted molar refractivity (Wildman–Crippen MR) is 124 cm³/mol. The first-order valence-electron chi connectivity index (χ1n) is 11.9. The summed E-state index contributed by atoms with van der Waals surface area (Å²) in [6.07, 6.45) is 5.34. The van der Waals surface area contributed by atoms with Gasteiger partial charge in [-0.2, -0.15) is 0 Å². The second kappa shape index (κ2) is 8.65. The molecule has 1 heterocycles. The number of imide groups is 1. The van der Waals surface area contributed by atoms with Crippen LogP contribution in [0.15, 0.2) is 48.5 Å². The standard InChI is InChI=1S/C27H30N2O4/c1-33-23-12-10-20(11-13-23)27(17-25(31)29(26(27)32)22-8-4-5-9-22)16-24(30)28-21-14-18-6-2-3-7-19(18)15-21/h2-3,6-7,10-13,21-22H,4-5,8-9,14-17H2,1H3,(H,28,30). The lowest BCUT2D eigenvalue weighted by atomic mass is 9.75. The van der Waals surface area contributed by atoms with Crippen LogP contribution >= 0.6 is 0 Å². The van der Waals surface area contributed by atoms with Crippen molar-refractivity contribution in [3.63, 3.8) is 0 Å². The molecule has 2 aromatic rings. The fourth-order valence-corrected chi connectivity index (χ4v) is 5.88. The van der Waals surface area contributed by atoms with Crippen LogP contribution in [0.2, 0.25) is 0 Å². The van der Waals surface area contributed by atoms with E-state index in [4.69, 9.17) is 4.74 Å². The Morgan fingerprint density at radius 2 is 1.67 bits per heavy atom. The smallest absolute Gasteiger partial charge is 0.241 e. The zero-order valence-corrected chi connectivity index (χ0v) is 19.0. The lowest BCUT2D eigenvalue weighted by Gasteiger charge is -2.29. The van der Waals surface area contributed by atoms with Crippen molar-refractivity contribution in [1.29, 1.82) is 0 Å². The van der Waals surface area contributed by atoms with E-state index in [1.54, 1.807) is 19.2 Å².